The lowest BCUT2D eigenvalue weighted by Crippen LogP contribution is -2.37. The van der Waals surface area contributed by atoms with Crippen LogP contribution in [-0.4, -0.2) is 44.5 Å². The summed E-state index contributed by atoms with van der Waals surface area (Å²) in [5.41, 5.74) is 7.29. The molecule has 0 fully saturated rings. The number of amides is 1. The van der Waals surface area contributed by atoms with E-state index in [1.54, 1.807) is 19.2 Å². The Bertz CT molecular complexity index is 421. The molecular formula is C13H20ClN3O. The first kappa shape index (κ1) is 15.0. The monoisotopic (exact) mass is 269 g/mol. The molecule has 1 aromatic rings. The van der Waals surface area contributed by atoms with Crippen LogP contribution in [0.5, 0.6) is 0 Å². The second kappa shape index (κ2) is 6.73. The van der Waals surface area contributed by atoms with Crippen LogP contribution in [0.25, 0.3) is 0 Å². The molecule has 1 rings (SSSR count). The van der Waals surface area contributed by atoms with E-state index in [0.717, 1.165) is 12.0 Å². The number of hydrogen-bond acceptors (Lipinski definition) is 3. The van der Waals surface area contributed by atoms with Gasteiger partial charge < -0.3 is 16.0 Å². The number of halogens is 1. The Morgan fingerprint density at radius 3 is 2.67 bits per heavy atom. The third-order valence-electron chi connectivity index (χ3n) is 2.99. The molecule has 100 valence electrons. The molecule has 3 N–H and O–H groups in total. The summed E-state index contributed by atoms with van der Waals surface area (Å²) < 4.78 is 0. The lowest BCUT2D eigenvalue weighted by molar-refractivity contribution is 0.0963. The Hall–Kier alpha value is -1.10. The maximum atomic E-state index is 11.6. The van der Waals surface area contributed by atoms with Gasteiger partial charge in [0, 0.05) is 30.2 Å². The van der Waals surface area contributed by atoms with Crippen LogP contribution in [-0.2, 0) is 6.42 Å². The summed E-state index contributed by atoms with van der Waals surface area (Å²) >= 11 is 6.16. The number of rotatable bonds is 5. The number of benzene rings is 1. The van der Waals surface area contributed by atoms with Crippen molar-refractivity contribution in [1.82, 2.24) is 10.2 Å². The van der Waals surface area contributed by atoms with Gasteiger partial charge in [0.2, 0.25) is 0 Å². The highest BCUT2D eigenvalue weighted by molar-refractivity contribution is 6.31. The Balaban J connectivity index is 2.97. The van der Waals surface area contributed by atoms with Gasteiger partial charge in [-0.05, 0) is 44.3 Å². The zero-order chi connectivity index (χ0) is 13.7. The van der Waals surface area contributed by atoms with Crippen molar-refractivity contribution < 1.29 is 4.79 Å². The van der Waals surface area contributed by atoms with Crippen LogP contribution in [0.1, 0.15) is 15.9 Å². The van der Waals surface area contributed by atoms with Crippen molar-refractivity contribution in [2.24, 2.45) is 5.73 Å². The van der Waals surface area contributed by atoms with E-state index in [-0.39, 0.29) is 11.9 Å². The normalized spacial score (nSPS) is 12.6. The highest BCUT2D eigenvalue weighted by Gasteiger charge is 2.14. The highest BCUT2D eigenvalue weighted by atomic mass is 35.5. The van der Waals surface area contributed by atoms with Crippen LogP contribution in [0.2, 0.25) is 5.02 Å². The maximum Gasteiger partial charge on any atom is 0.251 e. The fourth-order valence-electron chi connectivity index (χ4n) is 1.75. The van der Waals surface area contributed by atoms with Crippen LogP contribution < -0.4 is 11.1 Å². The lowest BCUT2D eigenvalue weighted by atomic mass is 10.0. The lowest BCUT2D eigenvalue weighted by Gasteiger charge is -2.23. The van der Waals surface area contributed by atoms with Crippen molar-refractivity contribution in [1.29, 1.82) is 0 Å². The predicted octanol–water partition coefficient (Wildman–Crippen LogP) is 1.13. The van der Waals surface area contributed by atoms with Crippen LogP contribution >= 0.6 is 11.6 Å². The van der Waals surface area contributed by atoms with E-state index in [9.17, 15) is 4.79 Å². The van der Waals surface area contributed by atoms with Gasteiger partial charge in [-0.2, -0.15) is 0 Å². The molecule has 0 aliphatic heterocycles. The molecule has 0 saturated heterocycles. The first-order valence-electron chi connectivity index (χ1n) is 5.86. The molecule has 0 aliphatic rings. The highest BCUT2D eigenvalue weighted by Crippen LogP contribution is 2.20. The molecule has 5 heteroatoms. The Kier molecular flexibility index (Phi) is 5.59. The van der Waals surface area contributed by atoms with E-state index >= 15 is 0 Å². The molecule has 0 heterocycles. The number of nitrogens with two attached hydrogens (primary N) is 1. The Labute approximate surface area is 113 Å². The van der Waals surface area contributed by atoms with E-state index < -0.39 is 0 Å². The number of nitrogens with zero attached hydrogens (tertiary/aromatic N) is 1. The molecule has 1 unspecified atom stereocenters. The minimum absolute atomic E-state index is 0.109. The molecule has 0 spiro atoms. The summed E-state index contributed by atoms with van der Waals surface area (Å²) in [5, 5.41) is 3.27. The number of carbonyl (C=O) groups excluding carboxylic acids is 1. The maximum absolute atomic E-state index is 11.6. The minimum atomic E-state index is -0.109. The topological polar surface area (TPSA) is 58.4 Å². The number of carbonyl (C=O) groups is 1. The summed E-state index contributed by atoms with van der Waals surface area (Å²) in [6.45, 7) is 0.549. The molecule has 0 aromatic heterocycles. The number of nitrogens with one attached hydrogen (secondary N) is 1. The quantitative estimate of drug-likeness (QED) is 0.843. The van der Waals surface area contributed by atoms with E-state index in [1.165, 1.54) is 0 Å². The first-order valence-corrected chi connectivity index (χ1v) is 6.24. The van der Waals surface area contributed by atoms with Gasteiger partial charge in [0.25, 0.3) is 5.91 Å². The fourth-order valence-corrected chi connectivity index (χ4v) is 1.94. The van der Waals surface area contributed by atoms with E-state index in [4.69, 9.17) is 17.3 Å². The van der Waals surface area contributed by atoms with Gasteiger partial charge in [-0.25, -0.2) is 0 Å². The molecule has 1 aromatic carbocycles. The minimum Gasteiger partial charge on any atom is -0.355 e. The molecule has 1 amide bonds. The standard InChI is InChI=1S/C13H20ClN3O/c1-16-13(18)9-4-5-12(14)10(6-9)7-11(8-15)17(2)3/h4-6,11H,7-8,15H2,1-3H3,(H,16,18). The first-order chi connectivity index (χ1) is 8.49. The Morgan fingerprint density at radius 1 is 1.50 bits per heavy atom. The smallest absolute Gasteiger partial charge is 0.251 e. The average Bonchev–Trinajstić information content (AvgIpc) is 2.36. The summed E-state index contributed by atoms with van der Waals surface area (Å²) in [7, 11) is 5.57. The molecule has 18 heavy (non-hydrogen) atoms. The average molecular weight is 270 g/mol. The van der Waals surface area contributed by atoms with Crippen molar-refractivity contribution in [2.75, 3.05) is 27.7 Å². The predicted molar refractivity (Wildman–Crippen MR) is 75.1 cm³/mol. The van der Waals surface area contributed by atoms with Gasteiger partial charge in [0.15, 0.2) is 0 Å². The van der Waals surface area contributed by atoms with E-state index in [0.29, 0.717) is 17.1 Å². The summed E-state index contributed by atoms with van der Waals surface area (Å²) in [6, 6.07) is 5.51. The molecule has 1 atom stereocenters. The van der Waals surface area contributed by atoms with Crippen molar-refractivity contribution >= 4 is 17.5 Å². The fraction of sp³-hybridized carbons (Fsp3) is 0.462. The van der Waals surface area contributed by atoms with Gasteiger partial charge in [-0.15, -0.1) is 0 Å². The molecule has 0 radical (unpaired) electrons. The summed E-state index contributed by atoms with van der Waals surface area (Å²) in [4.78, 5) is 13.6. The van der Waals surface area contributed by atoms with Crippen LogP contribution in [0.15, 0.2) is 18.2 Å². The number of likely N-dealkylation sites (N-methyl/N-ethyl adjacent to an activating group) is 1. The van der Waals surface area contributed by atoms with Gasteiger partial charge >= 0.3 is 0 Å². The molecule has 0 saturated carbocycles. The third kappa shape index (κ3) is 3.70. The van der Waals surface area contributed by atoms with Crippen molar-refractivity contribution in [3.63, 3.8) is 0 Å². The van der Waals surface area contributed by atoms with Crippen molar-refractivity contribution in [3.8, 4) is 0 Å². The van der Waals surface area contributed by atoms with Crippen LogP contribution in [0, 0.1) is 0 Å². The van der Waals surface area contributed by atoms with E-state index in [1.807, 2.05) is 20.2 Å². The SMILES string of the molecule is CNC(=O)c1ccc(Cl)c(CC(CN)N(C)C)c1. The molecule has 0 aliphatic carbocycles. The summed E-state index contributed by atoms with van der Waals surface area (Å²) in [5.74, 6) is -0.109. The van der Waals surface area contributed by atoms with Gasteiger partial charge in [-0.3, -0.25) is 4.79 Å². The third-order valence-corrected chi connectivity index (χ3v) is 3.36. The number of hydrogen-bond donors (Lipinski definition) is 2. The zero-order valence-electron chi connectivity index (χ0n) is 11.0. The van der Waals surface area contributed by atoms with Crippen LogP contribution in [0.4, 0.5) is 0 Å². The molecule has 0 bridgehead atoms. The van der Waals surface area contributed by atoms with Crippen molar-refractivity contribution in [2.45, 2.75) is 12.5 Å². The summed E-state index contributed by atoms with van der Waals surface area (Å²) in [6.07, 6.45) is 0.729. The van der Waals surface area contributed by atoms with Crippen LogP contribution in [0.3, 0.4) is 0 Å². The zero-order valence-corrected chi connectivity index (χ0v) is 11.8. The van der Waals surface area contributed by atoms with Gasteiger partial charge in [0.05, 0.1) is 0 Å². The van der Waals surface area contributed by atoms with Gasteiger partial charge in [0.1, 0.15) is 0 Å². The molecular weight excluding hydrogens is 250 g/mol. The largest absolute Gasteiger partial charge is 0.355 e. The van der Waals surface area contributed by atoms with Crippen molar-refractivity contribution in [3.05, 3.63) is 34.3 Å². The van der Waals surface area contributed by atoms with Gasteiger partial charge in [-0.1, -0.05) is 11.6 Å². The second-order valence-electron chi connectivity index (χ2n) is 4.44. The molecule has 4 nitrogen and oxygen atoms in total. The Morgan fingerprint density at radius 2 is 2.17 bits per heavy atom. The second-order valence-corrected chi connectivity index (χ2v) is 4.85. The van der Waals surface area contributed by atoms with E-state index in [2.05, 4.69) is 10.2 Å².